The van der Waals surface area contributed by atoms with Crippen molar-refractivity contribution in [3.05, 3.63) is 76.3 Å². The van der Waals surface area contributed by atoms with Crippen LogP contribution in [-0.2, 0) is 4.79 Å². The smallest absolute Gasteiger partial charge is 0.262 e. The molecular weight excluding hydrogens is 322 g/mol. The van der Waals surface area contributed by atoms with Gasteiger partial charge in [0.15, 0.2) is 0 Å². The lowest BCUT2D eigenvalue weighted by Crippen LogP contribution is -2.37. The molecular formula is C19H16ClN3O. The van der Waals surface area contributed by atoms with Crippen molar-refractivity contribution in [2.75, 3.05) is 11.4 Å². The average molecular weight is 338 g/mol. The number of benzene rings is 2. The zero-order valence-electron chi connectivity index (χ0n) is 12.9. The Labute approximate surface area is 145 Å². The number of halogens is 1. The molecule has 0 aliphatic carbocycles. The maximum atomic E-state index is 13.0. The summed E-state index contributed by atoms with van der Waals surface area (Å²) in [5.41, 5.74) is 8.36. The number of fused-ring (bicyclic) bond motifs is 1. The molecule has 0 unspecified atom stereocenters. The fourth-order valence-corrected chi connectivity index (χ4v) is 2.70. The zero-order chi connectivity index (χ0) is 17.1. The second-order valence-electron chi connectivity index (χ2n) is 5.40. The fourth-order valence-electron chi connectivity index (χ4n) is 2.58. The summed E-state index contributed by atoms with van der Waals surface area (Å²) in [4.78, 5) is 14.6. The van der Waals surface area contributed by atoms with Crippen molar-refractivity contribution >= 4 is 41.2 Å². The minimum Gasteiger partial charge on any atom is -0.384 e. The second kappa shape index (κ2) is 6.72. The number of amides is 1. The highest BCUT2D eigenvalue weighted by molar-refractivity contribution is 6.30. The van der Waals surface area contributed by atoms with Gasteiger partial charge in [-0.15, -0.1) is 0 Å². The summed E-state index contributed by atoms with van der Waals surface area (Å²) in [5.74, 6) is -0.559. The Morgan fingerprint density at radius 3 is 2.58 bits per heavy atom. The molecule has 1 aliphatic heterocycles. The Bertz CT molecular complexity index is 853. The molecule has 1 heterocycles. The van der Waals surface area contributed by atoms with E-state index < -0.39 is 0 Å². The fraction of sp³-hybridized carbons (Fsp3) is 0.0526. The van der Waals surface area contributed by atoms with Gasteiger partial charge in [0.1, 0.15) is 5.84 Å². The number of nitrogens with one attached hydrogen (secondary N) is 1. The number of amidine groups is 1. The Hall–Kier alpha value is -2.85. The Kier molecular flexibility index (Phi) is 4.49. The van der Waals surface area contributed by atoms with Gasteiger partial charge in [0.25, 0.3) is 5.91 Å². The van der Waals surface area contributed by atoms with Gasteiger partial charge in [-0.3, -0.25) is 10.2 Å². The molecule has 3 rings (SSSR count). The van der Waals surface area contributed by atoms with Gasteiger partial charge < -0.3 is 10.6 Å². The third-order valence-electron chi connectivity index (χ3n) is 3.76. The molecule has 0 saturated heterocycles. The van der Waals surface area contributed by atoms with Crippen molar-refractivity contribution in [1.82, 2.24) is 0 Å². The third kappa shape index (κ3) is 3.24. The summed E-state index contributed by atoms with van der Waals surface area (Å²) < 4.78 is 0. The number of carbonyl (C=O) groups excluding carboxylic acids is 1. The summed E-state index contributed by atoms with van der Waals surface area (Å²) in [6.45, 7) is 0.446. The van der Waals surface area contributed by atoms with Crippen molar-refractivity contribution in [2.45, 2.75) is 0 Å². The summed E-state index contributed by atoms with van der Waals surface area (Å²) in [5, 5.41) is 8.40. The van der Waals surface area contributed by atoms with E-state index in [-0.39, 0.29) is 17.3 Å². The first-order valence-corrected chi connectivity index (χ1v) is 7.83. The van der Waals surface area contributed by atoms with E-state index in [0.717, 1.165) is 16.8 Å². The van der Waals surface area contributed by atoms with Gasteiger partial charge in [-0.25, -0.2) is 0 Å². The number of nitrogens with two attached hydrogens (primary N) is 1. The van der Waals surface area contributed by atoms with Gasteiger partial charge in [-0.05, 0) is 35.4 Å². The molecule has 2 aromatic rings. The molecule has 1 amide bonds. The minimum absolute atomic E-state index is 0.155. The normalized spacial score (nSPS) is 13.5. The van der Waals surface area contributed by atoms with Crippen LogP contribution < -0.4 is 10.6 Å². The van der Waals surface area contributed by atoms with Crippen molar-refractivity contribution in [3.63, 3.8) is 0 Å². The molecule has 120 valence electrons. The molecule has 3 N–H and O–H groups in total. The number of hydrogen-bond acceptors (Lipinski definition) is 2. The number of nitrogens with zero attached hydrogens (tertiary/aromatic N) is 1. The molecule has 2 aromatic carbocycles. The number of carbonyl (C=O) groups is 1. The van der Waals surface area contributed by atoms with Crippen LogP contribution in [0.1, 0.15) is 11.1 Å². The molecule has 24 heavy (non-hydrogen) atoms. The Morgan fingerprint density at radius 2 is 1.88 bits per heavy atom. The SMILES string of the molecule is N=C(N)/C(=C\c1ccc(Cl)cc1)C(=O)N1CC=Cc2ccccc21. The van der Waals surface area contributed by atoms with E-state index in [9.17, 15) is 4.79 Å². The lowest BCUT2D eigenvalue weighted by atomic mass is 10.0. The van der Waals surface area contributed by atoms with Gasteiger partial charge in [-0.1, -0.05) is 54.1 Å². The summed E-state index contributed by atoms with van der Waals surface area (Å²) >= 11 is 5.88. The molecule has 1 aliphatic rings. The van der Waals surface area contributed by atoms with Gasteiger partial charge >= 0.3 is 0 Å². The van der Waals surface area contributed by atoms with Crippen LogP contribution in [0.2, 0.25) is 5.02 Å². The van der Waals surface area contributed by atoms with Crippen LogP contribution in [-0.4, -0.2) is 18.3 Å². The molecule has 0 saturated carbocycles. The molecule has 0 radical (unpaired) electrons. The van der Waals surface area contributed by atoms with E-state index in [1.54, 1.807) is 35.2 Å². The zero-order valence-corrected chi connectivity index (χ0v) is 13.6. The highest BCUT2D eigenvalue weighted by Crippen LogP contribution is 2.27. The summed E-state index contributed by atoms with van der Waals surface area (Å²) in [6, 6.07) is 14.7. The van der Waals surface area contributed by atoms with Crippen LogP contribution in [0.4, 0.5) is 5.69 Å². The van der Waals surface area contributed by atoms with E-state index in [1.807, 2.05) is 36.4 Å². The van der Waals surface area contributed by atoms with Crippen LogP contribution in [0.15, 0.2) is 60.2 Å². The molecule has 0 bridgehead atoms. The van der Waals surface area contributed by atoms with Crippen LogP contribution in [0.25, 0.3) is 12.2 Å². The lowest BCUT2D eigenvalue weighted by molar-refractivity contribution is -0.114. The standard InChI is InChI=1S/C19H16ClN3O/c20-15-9-7-13(8-10-15)12-16(18(21)22)19(24)23-11-3-5-14-4-1-2-6-17(14)23/h1-10,12H,11H2,(H3,21,22)/b16-12+. The highest BCUT2D eigenvalue weighted by atomic mass is 35.5. The summed E-state index contributed by atoms with van der Waals surface area (Å²) in [7, 11) is 0. The largest absolute Gasteiger partial charge is 0.384 e. The predicted octanol–water partition coefficient (Wildman–Crippen LogP) is 3.72. The number of hydrogen-bond donors (Lipinski definition) is 2. The number of anilines is 1. The van der Waals surface area contributed by atoms with E-state index in [2.05, 4.69) is 0 Å². The van der Waals surface area contributed by atoms with E-state index in [4.69, 9.17) is 22.7 Å². The quantitative estimate of drug-likeness (QED) is 0.509. The van der Waals surface area contributed by atoms with E-state index in [0.29, 0.717) is 11.6 Å². The van der Waals surface area contributed by atoms with Crippen LogP contribution in [0.3, 0.4) is 0 Å². The van der Waals surface area contributed by atoms with Gasteiger partial charge in [-0.2, -0.15) is 0 Å². The first-order valence-electron chi connectivity index (χ1n) is 7.45. The van der Waals surface area contributed by atoms with Crippen LogP contribution in [0.5, 0.6) is 0 Å². The van der Waals surface area contributed by atoms with Crippen LogP contribution >= 0.6 is 11.6 Å². The minimum atomic E-state index is -0.297. The first kappa shape index (κ1) is 16.0. The van der Waals surface area contributed by atoms with Crippen molar-refractivity contribution < 1.29 is 4.79 Å². The molecule has 4 nitrogen and oxygen atoms in total. The molecule has 5 heteroatoms. The van der Waals surface area contributed by atoms with Crippen LogP contribution in [0, 0.1) is 5.41 Å². The van der Waals surface area contributed by atoms with Crippen molar-refractivity contribution in [3.8, 4) is 0 Å². The average Bonchev–Trinajstić information content (AvgIpc) is 2.60. The number of rotatable bonds is 3. The Morgan fingerprint density at radius 1 is 1.17 bits per heavy atom. The monoisotopic (exact) mass is 337 g/mol. The van der Waals surface area contributed by atoms with Gasteiger partial charge in [0, 0.05) is 11.6 Å². The lowest BCUT2D eigenvalue weighted by Gasteiger charge is -2.27. The second-order valence-corrected chi connectivity index (χ2v) is 5.84. The van der Waals surface area contributed by atoms with E-state index >= 15 is 0 Å². The number of para-hydroxylation sites is 1. The molecule has 0 fully saturated rings. The summed E-state index contributed by atoms with van der Waals surface area (Å²) in [6.07, 6.45) is 5.51. The topological polar surface area (TPSA) is 70.2 Å². The van der Waals surface area contributed by atoms with E-state index in [1.165, 1.54) is 0 Å². The molecule has 0 spiro atoms. The van der Waals surface area contributed by atoms with Gasteiger partial charge in [0.2, 0.25) is 0 Å². The van der Waals surface area contributed by atoms with Gasteiger partial charge in [0.05, 0.1) is 11.3 Å². The van der Waals surface area contributed by atoms with Crippen molar-refractivity contribution in [2.24, 2.45) is 5.73 Å². The maximum Gasteiger partial charge on any atom is 0.262 e. The highest BCUT2D eigenvalue weighted by Gasteiger charge is 2.24. The maximum absolute atomic E-state index is 13.0. The Balaban J connectivity index is 1.98. The first-order chi connectivity index (χ1) is 11.6. The van der Waals surface area contributed by atoms with Crippen molar-refractivity contribution in [1.29, 1.82) is 5.41 Å². The predicted molar refractivity (Wildman–Crippen MR) is 99.2 cm³/mol. The molecule has 0 atom stereocenters. The third-order valence-corrected chi connectivity index (χ3v) is 4.01. The molecule has 0 aromatic heterocycles.